The standard InChI is InChI=1S/C21H17F3N2O3S/c1-13(17-11-8-15(22)12-19(17)24)25-21(27)14-6-9-16(10-7-14)30(28,29)26-20-5-3-2-4-18(20)23/h2-13,26H,1H3,(H,25,27). The number of para-hydroxylation sites is 1. The van der Waals surface area contributed by atoms with Gasteiger partial charge in [0.15, 0.2) is 0 Å². The van der Waals surface area contributed by atoms with E-state index in [1.54, 1.807) is 0 Å². The van der Waals surface area contributed by atoms with Gasteiger partial charge in [-0.3, -0.25) is 9.52 Å². The molecule has 1 amide bonds. The zero-order valence-electron chi connectivity index (χ0n) is 15.7. The summed E-state index contributed by atoms with van der Waals surface area (Å²) in [4.78, 5) is 12.2. The predicted octanol–water partition coefficient (Wildman–Crippen LogP) is 4.40. The summed E-state index contributed by atoms with van der Waals surface area (Å²) in [5, 5.41) is 2.56. The highest BCUT2D eigenvalue weighted by Crippen LogP contribution is 2.21. The molecule has 30 heavy (non-hydrogen) atoms. The van der Waals surface area contributed by atoms with Gasteiger partial charge in [0.1, 0.15) is 17.5 Å². The number of benzene rings is 3. The molecule has 0 bridgehead atoms. The molecule has 5 nitrogen and oxygen atoms in total. The summed E-state index contributed by atoms with van der Waals surface area (Å²) in [6.45, 7) is 1.53. The van der Waals surface area contributed by atoms with Crippen LogP contribution >= 0.6 is 0 Å². The highest BCUT2D eigenvalue weighted by Gasteiger charge is 2.18. The number of halogens is 3. The maximum absolute atomic E-state index is 13.9. The van der Waals surface area contributed by atoms with E-state index in [9.17, 15) is 26.4 Å². The molecule has 2 N–H and O–H groups in total. The van der Waals surface area contributed by atoms with E-state index in [1.165, 1.54) is 55.5 Å². The van der Waals surface area contributed by atoms with Gasteiger partial charge in [-0.15, -0.1) is 0 Å². The third-order valence-electron chi connectivity index (χ3n) is 4.32. The van der Waals surface area contributed by atoms with Crippen LogP contribution in [0.15, 0.2) is 71.6 Å². The number of sulfonamides is 1. The fourth-order valence-electron chi connectivity index (χ4n) is 2.74. The molecule has 3 aromatic carbocycles. The van der Waals surface area contributed by atoms with Gasteiger partial charge in [0.05, 0.1) is 16.6 Å². The number of hydrogen-bond acceptors (Lipinski definition) is 3. The lowest BCUT2D eigenvalue weighted by Gasteiger charge is -2.15. The van der Waals surface area contributed by atoms with Crippen molar-refractivity contribution >= 4 is 21.6 Å². The molecule has 0 heterocycles. The second-order valence-electron chi connectivity index (χ2n) is 6.47. The summed E-state index contributed by atoms with van der Waals surface area (Å²) in [5.41, 5.74) is 0.0433. The van der Waals surface area contributed by atoms with Crippen molar-refractivity contribution in [2.75, 3.05) is 4.72 Å². The molecule has 1 unspecified atom stereocenters. The fourth-order valence-corrected chi connectivity index (χ4v) is 3.81. The third kappa shape index (κ3) is 4.80. The van der Waals surface area contributed by atoms with Crippen molar-refractivity contribution in [2.24, 2.45) is 0 Å². The second kappa shape index (κ2) is 8.58. The van der Waals surface area contributed by atoms with Crippen LogP contribution in [0.3, 0.4) is 0 Å². The lowest BCUT2D eigenvalue weighted by molar-refractivity contribution is 0.0939. The van der Waals surface area contributed by atoms with E-state index in [4.69, 9.17) is 0 Å². The molecule has 0 fully saturated rings. The van der Waals surface area contributed by atoms with E-state index in [2.05, 4.69) is 10.0 Å². The Balaban J connectivity index is 1.73. The van der Waals surface area contributed by atoms with Crippen LogP contribution in [0.25, 0.3) is 0 Å². The van der Waals surface area contributed by atoms with Crippen molar-refractivity contribution in [1.29, 1.82) is 0 Å². The summed E-state index contributed by atoms with van der Waals surface area (Å²) < 4.78 is 67.5. The monoisotopic (exact) mass is 434 g/mol. The van der Waals surface area contributed by atoms with Gasteiger partial charge in [0, 0.05) is 17.2 Å². The largest absolute Gasteiger partial charge is 0.345 e. The number of carbonyl (C=O) groups is 1. The smallest absolute Gasteiger partial charge is 0.261 e. The van der Waals surface area contributed by atoms with Crippen LogP contribution in [-0.2, 0) is 10.0 Å². The molecule has 0 radical (unpaired) electrons. The number of anilines is 1. The van der Waals surface area contributed by atoms with E-state index in [1.807, 2.05) is 0 Å². The molecule has 0 aliphatic heterocycles. The topological polar surface area (TPSA) is 75.3 Å². The van der Waals surface area contributed by atoms with Gasteiger partial charge in [0.25, 0.3) is 15.9 Å². The van der Waals surface area contributed by atoms with Crippen molar-refractivity contribution < 1.29 is 26.4 Å². The van der Waals surface area contributed by atoms with Crippen molar-refractivity contribution in [3.63, 3.8) is 0 Å². The minimum Gasteiger partial charge on any atom is -0.345 e. The highest BCUT2D eigenvalue weighted by molar-refractivity contribution is 7.92. The van der Waals surface area contributed by atoms with Gasteiger partial charge in [-0.1, -0.05) is 18.2 Å². The second-order valence-corrected chi connectivity index (χ2v) is 8.15. The van der Waals surface area contributed by atoms with Crippen LogP contribution < -0.4 is 10.0 Å². The van der Waals surface area contributed by atoms with Crippen molar-refractivity contribution in [1.82, 2.24) is 5.32 Å². The molecule has 0 spiro atoms. The molecule has 3 rings (SSSR count). The Hall–Kier alpha value is -3.33. The molecule has 0 aliphatic rings. The van der Waals surface area contributed by atoms with Crippen LogP contribution in [0.1, 0.15) is 28.9 Å². The third-order valence-corrected chi connectivity index (χ3v) is 5.70. The molecule has 0 saturated carbocycles. The van der Waals surface area contributed by atoms with E-state index in [-0.39, 0.29) is 21.7 Å². The van der Waals surface area contributed by atoms with E-state index >= 15 is 0 Å². The number of carbonyl (C=O) groups excluding carboxylic acids is 1. The van der Waals surface area contributed by atoms with Crippen LogP contribution in [0.4, 0.5) is 18.9 Å². The first-order chi connectivity index (χ1) is 14.2. The maximum atomic E-state index is 13.9. The van der Waals surface area contributed by atoms with Gasteiger partial charge < -0.3 is 5.32 Å². The molecule has 156 valence electrons. The summed E-state index contributed by atoms with van der Waals surface area (Å²) >= 11 is 0. The maximum Gasteiger partial charge on any atom is 0.261 e. The summed E-state index contributed by atoms with van der Waals surface area (Å²) in [5.74, 6) is -2.81. The Labute approximate surface area is 171 Å². The number of hydrogen-bond donors (Lipinski definition) is 2. The molecule has 0 saturated heterocycles. The van der Waals surface area contributed by atoms with E-state index in [0.717, 1.165) is 18.2 Å². The zero-order valence-corrected chi connectivity index (χ0v) is 16.5. The molecule has 9 heteroatoms. The van der Waals surface area contributed by atoms with Gasteiger partial charge in [-0.05, 0) is 49.4 Å². The van der Waals surface area contributed by atoms with Gasteiger partial charge >= 0.3 is 0 Å². The Morgan fingerprint density at radius 2 is 1.57 bits per heavy atom. The van der Waals surface area contributed by atoms with Crippen LogP contribution in [-0.4, -0.2) is 14.3 Å². The van der Waals surface area contributed by atoms with Crippen molar-refractivity contribution in [3.05, 3.63) is 95.3 Å². The van der Waals surface area contributed by atoms with Crippen LogP contribution in [0, 0.1) is 17.5 Å². The quantitative estimate of drug-likeness (QED) is 0.604. The molecule has 0 aliphatic carbocycles. The lowest BCUT2D eigenvalue weighted by Crippen LogP contribution is -2.27. The first-order valence-corrected chi connectivity index (χ1v) is 10.3. The minimum absolute atomic E-state index is 0.109. The SMILES string of the molecule is CC(NC(=O)c1ccc(S(=O)(=O)Nc2ccccc2F)cc1)c1ccc(F)cc1F. The molecule has 0 aromatic heterocycles. The fraction of sp³-hybridized carbons (Fsp3) is 0.0952. The lowest BCUT2D eigenvalue weighted by atomic mass is 10.1. The van der Waals surface area contributed by atoms with Gasteiger partial charge in [-0.2, -0.15) is 0 Å². The summed E-state index contributed by atoms with van der Waals surface area (Å²) in [7, 11) is -4.06. The summed E-state index contributed by atoms with van der Waals surface area (Å²) in [6.07, 6.45) is 0. The Kier molecular flexibility index (Phi) is 6.12. The van der Waals surface area contributed by atoms with Gasteiger partial charge in [0.2, 0.25) is 0 Å². The number of nitrogens with one attached hydrogen (secondary N) is 2. The first-order valence-electron chi connectivity index (χ1n) is 8.80. The Morgan fingerprint density at radius 3 is 2.20 bits per heavy atom. The van der Waals surface area contributed by atoms with Crippen molar-refractivity contribution in [3.8, 4) is 0 Å². The van der Waals surface area contributed by atoms with Crippen molar-refractivity contribution in [2.45, 2.75) is 17.9 Å². The Bertz CT molecular complexity index is 1180. The minimum atomic E-state index is -4.06. The van der Waals surface area contributed by atoms with Crippen LogP contribution in [0.5, 0.6) is 0 Å². The molecular weight excluding hydrogens is 417 g/mol. The van der Waals surface area contributed by atoms with E-state index in [0.29, 0.717) is 0 Å². The average Bonchev–Trinajstić information content (AvgIpc) is 2.69. The Morgan fingerprint density at radius 1 is 0.900 bits per heavy atom. The van der Waals surface area contributed by atoms with Gasteiger partial charge in [-0.25, -0.2) is 21.6 Å². The predicted molar refractivity (Wildman–Crippen MR) is 106 cm³/mol. The highest BCUT2D eigenvalue weighted by atomic mass is 32.2. The number of amides is 1. The average molecular weight is 434 g/mol. The zero-order chi connectivity index (χ0) is 21.9. The molecule has 3 aromatic rings. The summed E-state index contributed by atoms with van der Waals surface area (Å²) in [6, 6.07) is 12.6. The molecule has 1 atom stereocenters. The molecular formula is C21H17F3N2O3S. The van der Waals surface area contributed by atoms with E-state index < -0.39 is 39.4 Å². The first kappa shape index (κ1) is 21.4. The normalized spacial score (nSPS) is 12.3. The van der Waals surface area contributed by atoms with Crippen LogP contribution in [0.2, 0.25) is 0 Å². The number of rotatable bonds is 6.